The molecule has 1 saturated carbocycles. The summed E-state index contributed by atoms with van der Waals surface area (Å²) in [4.78, 5) is 25.5. The molecule has 11 nitrogen and oxygen atoms in total. The van der Waals surface area contributed by atoms with Gasteiger partial charge in [-0.15, -0.1) is 0 Å². The Hall–Kier alpha value is -4.46. The molecule has 0 radical (unpaired) electrons. The molecule has 5 rings (SSSR count). The van der Waals surface area contributed by atoms with E-state index in [2.05, 4.69) is 25.6 Å². The summed E-state index contributed by atoms with van der Waals surface area (Å²) in [6, 6.07) is 8.37. The maximum Gasteiger partial charge on any atom is 0.411 e. The van der Waals surface area contributed by atoms with Crippen molar-refractivity contribution < 1.29 is 37.0 Å². The van der Waals surface area contributed by atoms with Crippen LogP contribution in [0.1, 0.15) is 29.4 Å². The fourth-order valence-electron chi connectivity index (χ4n) is 3.65. The molecule has 1 fully saturated rings. The number of amides is 1. The molecule has 14 heteroatoms. The lowest BCUT2D eigenvalue weighted by Crippen LogP contribution is -2.36. The maximum absolute atomic E-state index is 12.9. The Bertz CT molecular complexity index is 1310. The van der Waals surface area contributed by atoms with Crippen LogP contribution in [0.2, 0.25) is 0 Å². The largest absolute Gasteiger partial charge is 0.483 e. The number of halogens is 3. The number of carbonyl (C=O) groups is 2. The van der Waals surface area contributed by atoms with Crippen molar-refractivity contribution in [3.05, 3.63) is 60.9 Å². The molecule has 0 spiro atoms. The number of nitrogens with zero attached hydrogens (tertiary/aromatic N) is 4. The Balaban J connectivity index is 0.00000102. The number of anilines is 1. The van der Waals surface area contributed by atoms with Gasteiger partial charge in [0.15, 0.2) is 5.76 Å². The molecule has 3 N–H and O–H groups in total. The van der Waals surface area contributed by atoms with Crippen LogP contribution in [-0.2, 0) is 9.53 Å². The molecular weight excluding hydrogens is 497 g/mol. The highest BCUT2D eigenvalue weighted by atomic mass is 19.4. The van der Waals surface area contributed by atoms with Gasteiger partial charge in [-0.1, -0.05) is 6.07 Å². The third-order valence-electron chi connectivity index (χ3n) is 5.43. The van der Waals surface area contributed by atoms with E-state index in [1.165, 1.54) is 0 Å². The second-order valence-corrected chi connectivity index (χ2v) is 7.97. The van der Waals surface area contributed by atoms with Crippen molar-refractivity contribution in [3.63, 3.8) is 0 Å². The molecule has 1 aliphatic carbocycles. The minimum Gasteiger partial charge on any atom is -0.483 e. The van der Waals surface area contributed by atoms with Crippen molar-refractivity contribution in [3.8, 4) is 22.7 Å². The van der Waals surface area contributed by atoms with E-state index in [1.807, 2.05) is 0 Å². The quantitative estimate of drug-likeness (QED) is 0.309. The molecular formula is C23H21F3N6O5. The van der Waals surface area contributed by atoms with E-state index >= 15 is 0 Å². The second-order valence-electron chi connectivity index (χ2n) is 7.97. The molecule has 0 bridgehead atoms. The smallest absolute Gasteiger partial charge is 0.411 e. The summed E-state index contributed by atoms with van der Waals surface area (Å²) in [5, 5.41) is 20.8. The fourth-order valence-corrected chi connectivity index (χ4v) is 3.65. The first kappa shape index (κ1) is 25.6. The number of carboxylic acid groups (broad SMARTS) is 1. The van der Waals surface area contributed by atoms with Gasteiger partial charge in [-0.05, 0) is 37.1 Å². The number of carbonyl (C=O) groups excluding carboxylic acids is 1. The Morgan fingerprint density at radius 2 is 2.08 bits per heavy atom. The van der Waals surface area contributed by atoms with Gasteiger partial charge in [-0.3, -0.25) is 24.4 Å². The summed E-state index contributed by atoms with van der Waals surface area (Å²) in [5.74, 6) is 0.102. The number of alkyl halides is 3. The van der Waals surface area contributed by atoms with Gasteiger partial charge in [0.05, 0.1) is 35.3 Å². The molecule has 37 heavy (non-hydrogen) atoms. The van der Waals surface area contributed by atoms with Gasteiger partial charge in [-0.25, -0.2) is 0 Å². The number of hydrogen-bond donors (Lipinski definition) is 3. The molecule has 0 unspecified atom stereocenters. The molecule has 4 aromatic rings. The first-order valence-corrected chi connectivity index (χ1v) is 10.9. The van der Waals surface area contributed by atoms with Crippen molar-refractivity contribution in [1.29, 1.82) is 0 Å². The number of aromatic amines is 1. The third kappa shape index (κ3) is 6.41. The topological polar surface area (TPSA) is 148 Å². The molecule has 1 aliphatic rings. The first-order valence-electron chi connectivity index (χ1n) is 10.9. The van der Waals surface area contributed by atoms with Gasteiger partial charge < -0.3 is 19.6 Å². The zero-order valence-electron chi connectivity index (χ0n) is 19.1. The molecule has 1 amide bonds. The molecule has 4 heterocycles. The van der Waals surface area contributed by atoms with E-state index in [-0.39, 0.29) is 18.3 Å². The highest BCUT2D eigenvalue weighted by molar-refractivity contribution is 6.04. The Morgan fingerprint density at radius 3 is 2.73 bits per heavy atom. The SMILES string of the molecule is O=C(Nc1cn([C@H]2C[C@H](OCC(F)(F)F)C2)nc1-c1ccccn1)c1ccc(-c2cn[nH]c2)o1.O=CO. The van der Waals surface area contributed by atoms with E-state index in [4.69, 9.17) is 19.1 Å². The van der Waals surface area contributed by atoms with Crippen LogP contribution in [0.4, 0.5) is 18.9 Å². The first-order chi connectivity index (χ1) is 17.8. The predicted octanol–water partition coefficient (Wildman–Crippen LogP) is 4.16. The average molecular weight is 518 g/mol. The van der Waals surface area contributed by atoms with Crippen LogP contribution in [-0.4, -0.2) is 61.3 Å². The zero-order chi connectivity index (χ0) is 26.4. The van der Waals surface area contributed by atoms with E-state index in [0.717, 1.165) is 0 Å². The summed E-state index contributed by atoms with van der Waals surface area (Å²) in [6.07, 6.45) is 2.40. The average Bonchev–Trinajstić information content (AvgIpc) is 3.59. The van der Waals surface area contributed by atoms with Gasteiger partial charge in [-0.2, -0.15) is 23.4 Å². The van der Waals surface area contributed by atoms with Gasteiger partial charge in [0, 0.05) is 18.6 Å². The molecule has 4 aromatic heterocycles. The van der Waals surface area contributed by atoms with Crippen LogP contribution in [0.15, 0.2) is 59.5 Å². The van der Waals surface area contributed by atoms with Crippen molar-refractivity contribution in [2.24, 2.45) is 0 Å². The predicted molar refractivity (Wildman–Crippen MR) is 122 cm³/mol. The van der Waals surface area contributed by atoms with Gasteiger partial charge in [0.2, 0.25) is 0 Å². The van der Waals surface area contributed by atoms with Crippen LogP contribution in [0.5, 0.6) is 0 Å². The molecule has 194 valence electrons. The third-order valence-corrected chi connectivity index (χ3v) is 5.43. The number of rotatable bonds is 7. The van der Waals surface area contributed by atoms with E-state index in [9.17, 15) is 18.0 Å². The van der Waals surface area contributed by atoms with Crippen molar-refractivity contribution >= 4 is 18.1 Å². The molecule has 0 aliphatic heterocycles. The fraction of sp³-hybridized carbons (Fsp3) is 0.261. The summed E-state index contributed by atoms with van der Waals surface area (Å²) in [6.45, 7) is -1.52. The van der Waals surface area contributed by atoms with Crippen LogP contribution >= 0.6 is 0 Å². The summed E-state index contributed by atoms with van der Waals surface area (Å²) < 4.78 is 49.3. The lowest BCUT2D eigenvalue weighted by molar-refractivity contribution is -0.196. The van der Waals surface area contributed by atoms with E-state index in [1.54, 1.807) is 59.8 Å². The summed E-state index contributed by atoms with van der Waals surface area (Å²) in [7, 11) is 0. The lowest BCUT2D eigenvalue weighted by atomic mass is 9.89. The second kappa shape index (κ2) is 11.1. The van der Waals surface area contributed by atoms with Gasteiger partial charge in [0.1, 0.15) is 18.1 Å². The minimum absolute atomic E-state index is 0.0974. The van der Waals surface area contributed by atoms with Crippen LogP contribution < -0.4 is 5.32 Å². The number of ether oxygens (including phenoxy) is 1. The standard InChI is InChI=1S/C22H19F3N6O3.CH2O2/c23-22(24,25)12-33-15-7-14(8-15)31-11-17(20(30-31)16-3-1-2-6-26-16)29-21(32)19-5-4-18(34-19)13-9-27-28-10-13;2-1-3/h1-6,9-11,14-15H,7-8,12H2,(H,27,28)(H,29,32);1H,(H,2,3)/t14-,15-;. The molecule has 0 aromatic carbocycles. The van der Waals surface area contributed by atoms with Crippen LogP contribution in [0.25, 0.3) is 22.7 Å². The van der Waals surface area contributed by atoms with Crippen molar-refractivity contribution in [2.75, 3.05) is 11.9 Å². The Morgan fingerprint density at radius 1 is 1.30 bits per heavy atom. The number of pyridine rings is 1. The van der Waals surface area contributed by atoms with E-state index in [0.29, 0.717) is 41.2 Å². The number of aromatic nitrogens is 5. The Kier molecular flexibility index (Phi) is 7.67. The molecule has 0 saturated heterocycles. The normalized spacial score (nSPS) is 16.8. The summed E-state index contributed by atoms with van der Waals surface area (Å²) >= 11 is 0. The van der Waals surface area contributed by atoms with Gasteiger partial charge >= 0.3 is 6.18 Å². The highest BCUT2D eigenvalue weighted by Gasteiger charge is 2.36. The number of hydrogen-bond acceptors (Lipinski definition) is 7. The highest BCUT2D eigenvalue weighted by Crippen LogP contribution is 2.37. The monoisotopic (exact) mass is 518 g/mol. The molecule has 0 atom stereocenters. The zero-order valence-corrected chi connectivity index (χ0v) is 19.1. The van der Waals surface area contributed by atoms with Crippen LogP contribution in [0, 0.1) is 0 Å². The van der Waals surface area contributed by atoms with Crippen LogP contribution in [0.3, 0.4) is 0 Å². The summed E-state index contributed by atoms with van der Waals surface area (Å²) in [5.41, 5.74) is 2.09. The number of H-pyrrole nitrogens is 1. The number of furan rings is 1. The lowest BCUT2D eigenvalue weighted by Gasteiger charge is -2.35. The maximum atomic E-state index is 12.9. The van der Waals surface area contributed by atoms with Crippen molar-refractivity contribution in [1.82, 2.24) is 25.0 Å². The Labute approximate surface area is 207 Å². The van der Waals surface area contributed by atoms with E-state index < -0.39 is 24.8 Å². The number of nitrogens with one attached hydrogen (secondary N) is 2. The minimum atomic E-state index is -4.36. The van der Waals surface area contributed by atoms with Crippen molar-refractivity contribution in [2.45, 2.75) is 31.2 Å². The van der Waals surface area contributed by atoms with Gasteiger partial charge in [0.25, 0.3) is 12.4 Å².